The number of amides is 1. The van der Waals surface area contributed by atoms with Gasteiger partial charge in [0, 0.05) is 28.0 Å². The molecule has 0 aliphatic rings. The van der Waals surface area contributed by atoms with Crippen LogP contribution >= 0.6 is 15.9 Å². The van der Waals surface area contributed by atoms with Crippen LogP contribution in [0, 0.1) is 0 Å². The fourth-order valence-electron chi connectivity index (χ4n) is 2.42. The lowest BCUT2D eigenvalue weighted by Gasteiger charge is -2.06. The molecule has 1 aromatic heterocycles. The molecule has 0 fully saturated rings. The first-order chi connectivity index (χ1) is 12.7. The minimum absolute atomic E-state index is 0.280. The second-order valence-corrected chi connectivity index (χ2v) is 6.41. The second kappa shape index (κ2) is 8.44. The van der Waals surface area contributed by atoms with Crippen LogP contribution in [-0.4, -0.2) is 29.0 Å². The van der Waals surface area contributed by atoms with Gasteiger partial charge in [-0.15, -0.1) is 0 Å². The Labute approximate surface area is 159 Å². The molecule has 0 saturated heterocycles. The molecule has 1 amide bonds. The van der Waals surface area contributed by atoms with Crippen molar-refractivity contribution in [3.05, 3.63) is 82.1 Å². The van der Waals surface area contributed by atoms with Crippen molar-refractivity contribution in [2.45, 2.75) is 6.54 Å². The molecule has 1 heterocycles. The van der Waals surface area contributed by atoms with E-state index in [0.29, 0.717) is 17.9 Å². The third-order valence-electron chi connectivity index (χ3n) is 3.65. The van der Waals surface area contributed by atoms with E-state index in [-0.39, 0.29) is 5.91 Å². The number of rotatable bonds is 6. The zero-order chi connectivity index (χ0) is 18.4. The van der Waals surface area contributed by atoms with E-state index < -0.39 is 0 Å². The van der Waals surface area contributed by atoms with Crippen LogP contribution in [0.15, 0.2) is 70.5 Å². The first-order valence-electron chi connectivity index (χ1n) is 7.89. The summed E-state index contributed by atoms with van der Waals surface area (Å²) < 4.78 is 7.98. The van der Waals surface area contributed by atoms with E-state index in [9.17, 15) is 4.79 Å². The summed E-state index contributed by atoms with van der Waals surface area (Å²) in [5, 5.41) is 8.20. The fraction of sp³-hybridized carbons (Fsp3) is 0.105. The van der Waals surface area contributed by atoms with Crippen LogP contribution in [0.5, 0.6) is 5.75 Å². The van der Waals surface area contributed by atoms with Gasteiger partial charge in [0.05, 0.1) is 19.9 Å². The van der Waals surface area contributed by atoms with Crippen LogP contribution in [0.3, 0.4) is 0 Å². The standard InChI is InChI=1S/C19H17BrN4O2/c1-26-18-7-6-17(20)11-16(18)12-21-23-19(25)15-5-2-4-14(10-15)13-24-9-3-8-22-24/h2-12H,13H2,1H3,(H,23,25)/b21-12+. The number of carbonyl (C=O) groups is 1. The van der Waals surface area contributed by atoms with Crippen molar-refractivity contribution in [1.29, 1.82) is 0 Å². The first-order valence-corrected chi connectivity index (χ1v) is 8.68. The van der Waals surface area contributed by atoms with Crippen LogP contribution < -0.4 is 10.2 Å². The van der Waals surface area contributed by atoms with Crippen molar-refractivity contribution >= 4 is 28.1 Å². The highest BCUT2D eigenvalue weighted by Crippen LogP contribution is 2.21. The van der Waals surface area contributed by atoms with E-state index in [1.807, 2.05) is 48.7 Å². The smallest absolute Gasteiger partial charge is 0.271 e. The van der Waals surface area contributed by atoms with E-state index in [1.165, 1.54) is 0 Å². The summed E-state index contributed by atoms with van der Waals surface area (Å²) in [6, 6.07) is 14.8. The number of nitrogens with one attached hydrogen (secondary N) is 1. The molecule has 0 spiro atoms. The summed E-state index contributed by atoms with van der Waals surface area (Å²) in [7, 11) is 1.59. The van der Waals surface area contributed by atoms with Gasteiger partial charge in [-0.3, -0.25) is 9.48 Å². The van der Waals surface area contributed by atoms with Gasteiger partial charge in [0.2, 0.25) is 0 Å². The largest absolute Gasteiger partial charge is 0.496 e. The summed E-state index contributed by atoms with van der Waals surface area (Å²) in [5.41, 5.74) is 4.82. The highest BCUT2D eigenvalue weighted by Gasteiger charge is 2.06. The molecule has 26 heavy (non-hydrogen) atoms. The number of methoxy groups -OCH3 is 1. The molecule has 0 radical (unpaired) electrons. The maximum Gasteiger partial charge on any atom is 0.271 e. The Morgan fingerprint density at radius 3 is 2.96 bits per heavy atom. The molecule has 0 aliphatic heterocycles. The van der Waals surface area contributed by atoms with E-state index >= 15 is 0 Å². The van der Waals surface area contributed by atoms with Crippen molar-refractivity contribution < 1.29 is 9.53 Å². The van der Waals surface area contributed by atoms with Crippen LogP contribution in [0.1, 0.15) is 21.5 Å². The lowest BCUT2D eigenvalue weighted by Crippen LogP contribution is -2.18. The number of hydrogen-bond acceptors (Lipinski definition) is 4. The van der Waals surface area contributed by atoms with Crippen molar-refractivity contribution in [2.75, 3.05) is 7.11 Å². The van der Waals surface area contributed by atoms with Gasteiger partial charge in [0.1, 0.15) is 5.75 Å². The van der Waals surface area contributed by atoms with Crippen LogP contribution in [-0.2, 0) is 6.54 Å². The Morgan fingerprint density at radius 2 is 2.19 bits per heavy atom. The van der Waals surface area contributed by atoms with E-state index in [1.54, 1.807) is 30.3 Å². The van der Waals surface area contributed by atoms with Gasteiger partial charge in [0.15, 0.2) is 0 Å². The molecular formula is C19H17BrN4O2. The molecule has 0 atom stereocenters. The van der Waals surface area contributed by atoms with Crippen LogP contribution in [0.4, 0.5) is 0 Å². The van der Waals surface area contributed by atoms with Gasteiger partial charge < -0.3 is 4.74 Å². The Morgan fingerprint density at radius 1 is 1.31 bits per heavy atom. The van der Waals surface area contributed by atoms with Gasteiger partial charge in [-0.25, -0.2) is 5.43 Å². The van der Waals surface area contributed by atoms with Crippen molar-refractivity contribution in [1.82, 2.24) is 15.2 Å². The van der Waals surface area contributed by atoms with Crippen LogP contribution in [0.2, 0.25) is 0 Å². The molecular weight excluding hydrogens is 396 g/mol. The molecule has 1 N–H and O–H groups in total. The lowest BCUT2D eigenvalue weighted by molar-refractivity contribution is 0.0955. The molecule has 0 bridgehead atoms. The predicted octanol–water partition coefficient (Wildman–Crippen LogP) is 3.47. The third kappa shape index (κ3) is 4.58. The van der Waals surface area contributed by atoms with Gasteiger partial charge >= 0.3 is 0 Å². The zero-order valence-electron chi connectivity index (χ0n) is 14.1. The lowest BCUT2D eigenvalue weighted by atomic mass is 10.1. The normalized spacial score (nSPS) is 10.8. The van der Waals surface area contributed by atoms with Gasteiger partial charge in [-0.2, -0.15) is 10.2 Å². The number of halogens is 1. The number of carbonyl (C=O) groups excluding carboxylic acids is 1. The molecule has 0 unspecified atom stereocenters. The Hall–Kier alpha value is -2.93. The molecule has 7 heteroatoms. The minimum Gasteiger partial charge on any atom is -0.496 e. The number of hydrogen-bond donors (Lipinski definition) is 1. The van der Waals surface area contributed by atoms with Crippen molar-refractivity contribution in [3.63, 3.8) is 0 Å². The quantitative estimate of drug-likeness (QED) is 0.497. The maximum absolute atomic E-state index is 12.3. The van der Waals surface area contributed by atoms with Crippen molar-refractivity contribution in [3.8, 4) is 5.75 Å². The average Bonchev–Trinajstić information content (AvgIpc) is 3.15. The van der Waals surface area contributed by atoms with E-state index in [4.69, 9.17) is 4.74 Å². The Balaban J connectivity index is 1.68. The van der Waals surface area contributed by atoms with Gasteiger partial charge in [-0.1, -0.05) is 28.1 Å². The van der Waals surface area contributed by atoms with E-state index in [0.717, 1.165) is 15.6 Å². The maximum atomic E-state index is 12.3. The van der Waals surface area contributed by atoms with Crippen molar-refractivity contribution in [2.24, 2.45) is 5.10 Å². The minimum atomic E-state index is -0.280. The van der Waals surface area contributed by atoms with E-state index in [2.05, 4.69) is 31.6 Å². The molecule has 0 aliphatic carbocycles. The molecule has 3 aromatic rings. The number of benzene rings is 2. The highest BCUT2D eigenvalue weighted by molar-refractivity contribution is 9.10. The number of aromatic nitrogens is 2. The zero-order valence-corrected chi connectivity index (χ0v) is 15.7. The average molecular weight is 413 g/mol. The predicted molar refractivity (Wildman–Crippen MR) is 104 cm³/mol. The summed E-state index contributed by atoms with van der Waals surface area (Å²) in [4.78, 5) is 12.3. The molecule has 6 nitrogen and oxygen atoms in total. The number of ether oxygens (including phenoxy) is 1. The molecule has 132 valence electrons. The summed E-state index contributed by atoms with van der Waals surface area (Å²) in [6.07, 6.45) is 5.15. The molecule has 3 rings (SSSR count). The number of nitrogens with zero attached hydrogens (tertiary/aromatic N) is 3. The first kappa shape index (κ1) is 17.9. The summed E-state index contributed by atoms with van der Waals surface area (Å²) in [5.74, 6) is 0.393. The van der Waals surface area contributed by atoms with Gasteiger partial charge in [-0.05, 0) is 42.0 Å². The number of hydrazone groups is 1. The summed E-state index contributed by atoms with van der Waals surface area (Å²) in [6.45, 7) is 0.604. The molecule has 2 aromatic carbocycles. The summed E-state index contributed by atoms with van der Waals surface area (Å²) >= 11 is 3.40. The fourth-order valence-corrected chi connectivity index (χ4v) is 2.80. The van der Waals surface area contributed by atoms with Crippen LogP contribution in [0.25, 0.3) is 0 Å². The molecule has 0 saturated carbocycles. The second-order valence-electron chi connectivity index (χ2n) is 5.49. The monoisotopic (exact) mass is 412 g/mol. The highest BCUT2D eigenvalue weighted by atomic mass is 79.9. The Bertz CT molecular complexity index is 923. The third-order valence-corrected chi connectivity index (χ3v) is 4.15. The SMILES string of the molecule is COc1ccc(Br)cc1/C=N/NC(=O)c1cccc(Cn2cccn2)c1. The Kier molecular flexibility index (Phi) is 5.80. The topological polar surface area (TPSA) is 68.5 Å². The van der Waals surface area contributed by atoms with Gasteiger partial charge in [0.25, 0.3) is 5.91 Å².